The molecular weight excluding hydrogens is 633 g/mol. The second-order valence-electron chi connectivity index (χ2n) is 13.1. The van der Waals surface area contributed by atoms with Crippen molar-refractivity contribution in [2.75, 3.05) is 0 Å². The van der Waals surface area contributed by atoms with E-state index in [1.807, 2.05) is 24.3 Å². The molecule has 0 unspecified atom stereocenters. The third kappa shape index (κ3) is 5.34. The van der Waals surface area contributed by atoms with Gasteiger partial charge in [-0.2, -0.15) is 0 Å². The van der Waals surface area contributed by atoms with E-state index < -0.39 is 0 Å². The number of rotatable bonds is 5. The Bertz CT molecular complexity index is 2780. The summed E-state index contributed by atoms with van der Waals surface area (Å²) in [6.07, 6.45) is 0. The minimum atomic E-state index is 0.637. The third-order valence-electron chi connectivity index (χ3n) is 9.84. The van der Waals surface area contributed by atoms with Gasteiger partial charge < -0.3 is 0 Å². The largest absolute Gasteiger partial charge is 0.248 e. The van der Waals surface area contributed by atoms with Crippen LogP contribution in [0.3, 0.4) is 0 Å². The maximum atomic E-state index is 5.35. The SMILES string of the molecule is c1ccc2nc(-c3cc(-c4ccc5ccccc5n4)cc(-c4nc(-c5cccc6ccccc56)cc(-c5cccc6ccccc56)n4)c3)ccc2c1. The van der Waals surface area contributed by atoms with Gasteiger partial charge in [0, 0.05) is 38.6 Å². The normalized spacial score (nSPS) is 11.5. The first-order valence-electron chi connectivity index (χ1n) is 17.5. The Morgan fingerprint density at radius 1 is 0.269 bits per heavy atom. The van der Waals surface area contributed by atoms with Gasteiger partial charge >= 0.3 is 0 Å². The smallest absolute Gasteiger partial charge is 0.160 e. The van der Waals surface area contributed by atoms with E-state index in [0.29, 0.717) is 5.82 Å². The standard InChI is InChI=1S/C48H30N4/c1-5-17-38-31(11-1)15-9-19-40(38)46-30-47(41-20-10-16-32-12-2-6-18-39(32)41)52-48(51-46)37-28-35(44-25-23-33-13-3-7-21-42(33)49-44)27-36(29-37)45-26-24-34-14-4-8-22-43(34)50-45/h1-30H. The van der Waals surface area contributed by atoms with E-state index in [0.717, 1.165) is 83.2 Å². The summed E-state index contributed by atoms with van der Waals surface area (Å²) in [7, 11) is 0. The molecule has 242 valence electrons. The molecule has 52 heavy (non-hydrogen) atoms. The van der Waals surface area contributed by atoms with E-state index in [4.69, 9.17) is 19.9 Å². The average Bonchev–Trinajstić information content (AvgIpc) is 3.22. The molecule has 0 atom stereocenters. The van der Waals surface area contributed by atoms with Gasteiger partial charge in [-0.3, -0.25) is 0 Å². The Kier molecular flexibility index (Phi) is 7.10. The zero-order valence-electron chi connectivity index (χ0n) is 28.1. The van der Waals surface area contributed by atoms with E-state index in [2.05, 4.69) is 158 Å². The zero-order valence-corrected chi connectivity index (χ0v) is 28.1. The van der Waals surface area contributed by atoms with Crippen molar-refractivity contribution >= 4 is 43.4 Å². The van der Waals surface area contributed by atoms with E-state index >= 15 is 0 Å². The van der Waals surface area contributed by atoms with Crippen LogP contribution in [-0.4, -0.2) is 19.9 Å². The Balaban J connectivity index is 1.24. The summed E-state index contributed by atoms with van der Waals surface area (Å²) >= 11 is 0. The van der Waals surface area contributed by atoms with Gasteiger partial charge in [-0.25, -0.2) is 19.9 Å². The number of hydrogen-bond donors (Lipinski definition) is 0. The maximum Gasteiger partial charge on any atom is 0.160 e. The molecule has 0 bridgehead atoms. The molecule has 10 rings (SSSR count). The van der Waals surface area contributed by atoms with Crippen LogP contribution in [-0.2, 0) is 0 Å². The molecule has 0 amide bonds. The van der Waals surface area contributed by atoms with Gasteiger partial charge in [-0.1, -0.05) is 133 Å². The number of aromatic nitrogens is 4. The molecule has 0 spiro atoms. The molecular formula is C48H30N4. The van der Waals surface area contributed by atoms with Crippen molar-refractivity contribution in [1.29, 1.82) is 0 Å². The van der Waals surface area contributed by atoms with Crippen LogP contribution in [0.25, 0.3) is 99.8 Å². The summed E-state index contributed by atoms with van der Waals surface area (Å²) in [5.74, 6) is 0.637. The second-order valence-corrected chi connectivity index (χ2v) is 13.1. The average molecular weight is 663 g/mol. The van der Waals surface area contributed by atoms with Gasteiger partial charge in [0.2, 0.25) is 0 Å². The van der Waals surface area contributed by atoms with Gasteiger partial charge in [-0.15, -0.1) is 0 Å². The molecule has 0 fully saturated rings. The minimum Gasteiger partial charge on any atom is -0.248 e. The highest BCUT2D eigenvalue weighted by Gasteiger charge is 2.17. The number of para-hydroxylation sites is 2. The minimum absolute atomic E-state index is 0.637. The van der Waals surface area contributed by atoms with Crippen molar-refractivity contribution in [3.05, 3.63) is 182 Å². The molecule has 10 aromatic rings. The Morgan fingerprint density at radius 3 is 1.21 bits per heavy atom. The van der Waals surface area contributed by atoms with Crippen molar-refractivity contribution in [1.82, 2.24) is 19.9 Å². The fourth-order valence-corrected chi connectivity index (χ4v) is 7.26. The highest BCUT2D eigenvalue weighted by atomic mass is 14.9. The van der Waals surface area contributed by atoms with Crippen molar-refractivity contribution in [2.24, 2.45) is 0 Å². The van der Waals surface area contributed by atoms with Gasteiger partial charge in [-0.05, 0) is 70.1 Å². The van der Waals surface area contributed by atoms with Crippen LogP contribution in [0.4, 0.5) is 0 Å². The first kappa shape index (κ1) is 29.8. The molecule has 0 radical (unpaired) electrons. The molecule has 0 N–H and O–H groups in total. The first-order valence-corrected chi connectivity index (χ1v) is 17.5. The summed E-state index contributed by atoms with van der Waals surface area (Å²) in [6, 6.07) is 63.3. The quantitative estimate of drug-likeness (QED) is 0.184. The first-order chi connectivity index (χ1) is 25.7. The van der Waals surface area contributed by atoms with E-state index in [-0.39, 0.29) is 0 Å². The third-order valence-corrected chi connectivity index (χ3v) is 9.84. The van der Waals surface area contributed by atoms with Gasteiger partial charge in [0.1, 0.15) is 0 Å². The number of pyridine rings is 2. The number of benzene rings is 7. The van der Waals surface area contributed by atoms with E-state index in [1.165, 1.54) is 10.8 Å². The number of hydrogen-bond acceptors (Lipinski definition) is 4. The lowest BCUT2D eigenvalue weighted by atomic mass is 9.97. The van der Waals surface area contributed by atoms with Crippen LogP contribution in [0, 0.1) is 0 Å². The van der Waals surface area contributed by atoms with Crippen LogP contribution >= 0.6 is 0 Å². The molecule has 4 heteroatoms. The van der Waals surface area contributed by atoms with Crippen molar-refractivity contribution in [3.8, 4) is 56.4 Å². The summed E-state index contributed by atoms with van der Waals surface area (Å²) in [6.45, 7) is 0. The highest BCUT2D eigenvalue weighted by molar-refractivity contribution is 5.99. The highest BCUT2D eigenvalue weighted by Crippen LogP contribution is 2.37. The van der Waals surface area contributed by atoms with E-state index in [9.17, 15) is 0 Å². The predicted molar refractivity (Wildman–Crippen MR) is 215 cm³/mol. The van der Waals surface area contributed by atoms with Crippen LogP contribution < -0.4 is 0 Å². The fourth-order valence-electron chi connectivity index (χ4n) is 7.26. The van der Waals surface area contributed by atoms with Crippen molar-refractivity contribution in [2.45, 2.75) is 0 Å². The van der Waals surface area contributed by atoms with Crippen LogP contribution in [0.5, 0.6) is 0 Å². The lowest BCUT2D eigenvalue weighted by Gasteiger charge is -2.14. The maximum absolute atomic E-state index is 5.35. The van der Waals surface area contributed by atoms with Gasteiger partial charge in [0.25, 0.3) is 0 Å². The lowest BCUT2D eigenvalue weighted by molar-refractivity contribution is 1.19. The molecule has 0 saturated carbocycles. The summed E-state index contributed by atoms with van der Waals surface area (Å²) in [4.78, 5) is 20.9. The molecule has 3 aromatic heterocycles. The summed E-state index contributed by atoms with van der Waals surface area (Å²) in [5.41, 5.74) is 10.3. The van der Waals surface area contributed by atoms with E-state index in [1.54, 1.807) is 0 Å². The summed E-state index contributed by atoms with van der Waals surface area (Å²) < 4.78 is 0. The molecule has 0 aliphatic heterocycles. The molecule has 0 saturated heterocycles. The summed E-state index contributed by atoms with van der Waals surface area (Å²) in [5, 5.41) is 6.83. The zero-order chi connectivity index (χ0) is 34.4. The predicted octanol–water partition coefficient (Wildman–Crippen LogP) is 12.2. The Labute approximate surface area is 300 Å². The molecule has 0 aliphatic carbocycles. The number of fused-ring (bicyclic) bond motifs is 4. The fraction of sp³-hybridized carbons (Fsp3) is 0. The van der Waals surface area contributed by atoms with Gasteiger partial charge in [0.15, 0.2) is 5.82 Å². The number of nitrogens with zero attached hydrogens (tertiary/aromatic N) is 4. The monoisotopic (exact) mass is 662 g/mol. The Hall–Kier alpha value is -7.04. The van der Waals surface area contributed by atoms with Crippen LogP contribution in [0.1, 0.15) is 0 Å². The Morgan fingerprint density at radius 2 is 0.692 bits per heavy atom. The molecule has 3 heterocycles. The molecule has 0 aliphatic rings. The second kappa shape index (κ2) is 12.4. The van der Waals surface area contributed by atoms with Crippen molar-refractivity contribution < 1.29 is 0 Å². The van der Waals surface area contributed by atoms with Gasteiger partial charge in [0.05, 0.1) is 33.8 Å². The van der Waals surface area contributed by atoms with Crippen LogP contribution in [0.15, 0.2) is 182 Å². The van der Waals surface area contributed by atoms with Crippen LogP contribution in [0.2, 0.25) is 0 Å². The van der Waals surface area contributed by atoms with Crippen molar-refractivity contribution in [3.63, 3.8) is 0 Å². The lowest BCUT2D eigenvalue weighted by Crippen LogP contribution is -1.98. The topological polar surface area (TPSA) is 51.6 Å². The molecule has 7 aromatic carbocycles. The molecule has 4 nitrogen and oxygen atoms in total.